The lowest BCUT2D eigenvalue weighted by molar-refractivity contribution is 0.290. The van der Waals surface area contributed by atoms with Crippen molar-refractivity contribution >= 4 is 5.69 Å². The van der Waals surface area contributed by atoms with Crippen molar-refractivity contribution in [2.24, 2.45) is 0 Å². The molecule has 4 N–H and O–H groups in total. The van der Waals surface area contributed by atoms with E-state index in [1.54, 1.807) is 13.2 Å². The molecule has 0 aliphatic rings. The number of ether oxygens (including phenoxy) is 1. The van der Waals surface area contributed by atoms with E-state index in [-0.39, 0.29) is 13.2 Å². The minimum atomic E-state index is 0.0399. The average Bonchev–Trinajstić information content (AvgIpc) is 2.23. The Bertz CT molecular complexity index is 326. The van der Waals surface area contributed by atoms with Crippen LogP contribution in [0.1, 0.15) is 11.1 Å². The van der Waals surface area contributed by atoms with Gasteiger partial charge < -0.3 is 20.7 Å². The SMILES string of the molecule is COc1c(N)ccc(CCO)c1CCO. The molecule has 0 radical (unpaired) electrons. The summed E-state index contributed by atoms with van der Waals surface area (Å²) in [6.45, 7) is 0.115. The van der Waals surface area contributed by atoms with Gasteiger partial charge >= 0.3 is 0 Å². The molecular formula is C11H17NO3. The minimum absolute atomic E-state index is 0.0399. The second kappa shape index (κ2) is 5.58. The van der Waals surface area contributed by atoms with Gasteiger partial charge in [0.15, 0.2) is 0 Å². The van der Waals surface area contributed by atoms with Crippen LogP contribution >= 0.6 is 0 Å². The van der Waals surface area contributed by atoms with Gasteiger partial charge in [-0.05, 0) is 24.5 Å². The summed E-state index contributed by atoms with van der Waals surface area (Å²) in [7, 11) is 1.55. The van der Waals surface area contributed by atoms with E-state index in [0.717, 1.165) is 11.1 Å². The van der Waals surface area contributed by atoms with Gasteiger partial charge in [-0.25, -0.2) is 0 Å². The van der Waals surface area contributed by atoms with Gasteiger partial charge in [-0.1, -0.05) is 6.07 Å². The Hall–Kier alpha value is -1.26. The van der Waals surface area contributed by atoms with Gasteiger partial charge in [0.25, 0.3) is 0 Å². The van der Waals surface area contributed by atoms with Gasteiger partial charge in [-0.15, -0.1) is 0 Å². The third-order valence-corrected chi connectivity index (χ3v) is 2.34. The average molecular weight is 211 g/mol. The van der Waals surface area contributed by atoms with E-state index in [2.05, 4.69) is 0 Å². The molecule has 0 aromatic heterocycles. The van der Waals surface area contributed by atoms with Crippen LogP contribution in [0.4, 0.5) is 5.69 Å². The maximum absolute atomic E-state index is 8.96. The minimum Gasteiger partial charge on any atom is -0.494 e. The largest absolute Gasteiger partial charge is 0.494 e. The van der Waals surface area contributed by atoms with Crippen LogP contribution in [0, 0.1) is 0 Å². The Morgan fingerprint density at radius 2 is 1.87 bits per heavy atom. The number of aliphatic hydroxyl groups is 2. The third kappa shape index (κ3) is 2.61. The van der Waals surface area contributed by atoms with Gasteiger partial charge in [0.1, 0.15) is 5.75 Å². The van der Waals surface area contributed by atoms with Gasteiger partial charge in [-0.3, -0.25) is 0 Å². The quantitative estimate of drug-likeness (QED) is 0.614. The number of hydrogen-bond acceptors (Lipinski definition) is 4. The van der Waals surface area contributed by atoms with E-state index in [0.29, 0.717) is 24.3 Å². The molecule has 0 spiro atoms. The molecule has 0 atom stereocenters. The molecule has 0 aliphatic heterocycles. The summed E-state index contributed by atoms with van der Waals surface area (Å²) in [5.74, 6) is 0.606. The van der Waals surface area contributed by atoms with E-state index >= 15 is 0 Å². The molecule has 0 bridgehead atoms. The monoisotopic (exact) mass is 211 g/mol. The fraction of sp³-hybridized carbons (Fsp3) is 0.455. The van der Waals surface area contributed by atoms with Crippen molar-refractivity contribution in [3.63, 3.8) is 0 Å². The third-order valence-electron chi connectivity index (χ3n) is 2.34. The Morgan fingerprint density at radius 1 is 1.20 bits per heavy atom. The standard InChI is InChI=1S/C11H17NO3/c1-15-11-9(5-7-14)8(4-6-13)2-3-10(11)12/h2-3,13-14H,4-7,12H2,1H3. The van der Waals surface area contributed by atoms with E-state index in [4.69, 9.17) is 20.7 Å². The number of methoxy groups -OCH3 is 1. The van der Waals surface area contributed by atoms with Crippen LogP contribution < -0.4 is 10.5 Å². The van der Waals surface area contributed by atoms with E-state index in [1.807, 2.05) is 6.07 Å². The van der Waals surface area contributed by atoms with E-state index < -0.39 is 0 Å². The van der Waals surface area contributed by atoms with Crippen molar-refractivity contribution in [1.82, 2.24) is 0 Å². The van der Waals surface area contributed by atoms with Crippen molar-refractivity contribution < 1.29 is 14.9 Å². The van der Waals surface area contributed by atoms with Gasteiger partial charge in [0.2, 0.25) is 0 Å². The van der Waals surface area contributed by atoms with Gasteiger partial charge in [-0.2, -0.15) is 0 Å². The fourth-order valence-corrected chi connectivity index (χ4v) is 1.67. The number of hydrogen-bond donors (Lipinski definition) is 3. The molecule has 0 heterocycles. The Labute approximate surface area is 89.3 Å². The molecule has 15 heavy (non-hydrogen) atoms. The molecular weight excluding hydrogens is 194 g/mol. The number of benzene rings is 1. The summed E-state index contributed by atoms with van der Waals surface area (Å²) in [5.41, 5.74) is 8.17. The maximum Gasteiger partial charge on any atom is 0.145 e. The molecule has 0 amide bonds. The smallest absolute Gasteiger partial charge is 0.145 e. The second-order valence-electron chi connectivity index (χ2n) is 3.27. The zero-order chi connectivity index (χ0) is 11.3. The maximum atomic E-state index is 8.96. The van der Waals surface area contributed by atoms with Crippen molar-refractivity contribution in [3.05, 3.63) is 23.3 Å². The summed E-state index contributed by atoms with van der Waals surface area (Å²) in [6.07, 6.45) is 1.04. The molecule has 1 aromatic rings. The summed E-state index contributed by atoms with van der Waals surface area (Å²) in [4.78, 5) is 0. The first-order chi connectivity index (χ1) is 7.24. The fourth-order valence-electron chi connectivity index (χ4n) is 1.67. The van der Waals surface area contributed by atoms with Crippen molar-refractivity contribution in [3.8, 4) is 5.75 Å². The van der Waals surface area contributed by atoms with Crippen molar-refractivity contribution in [2.45, 2.75) is 12.8 Å². The topological polar surface area (TPSA) is 75.7 Å². The van der Waals surface area contributed by atoms with Crippen LogP contribution in [0.3, 0.4) is 0 Å². The van der Waals surface area contributed by atoms with Crippen LogP contribution in [-0.2, 0) is 12.8 Å². The van der Waals surface area contributed by atoms with Crippen molar-refractivity contribution in [2.75, 3.05) is 26.1 Å². The Balaban J connectivity index is 3.15. The number of nitrogens with two attached hydrogens (primary N) is 1. The number of anilines is 1. The van der Waals surface area contributed by atoms with E-state index in [9.17, 15) is 0 Å². The lowest BCUT2D eigenvalue weighted by atomic mass is 10.00. The first-order valence-corrected chi connectivity index (χ1v) is 4.90. The highest BCUT2D eigenvalue weighted by atomic mass is 16.5. The second-order valence-corrected chi connectivity index (χ2v) is 3.27. The van der Waals surface area contributed by atoms with Gasteiger partial charge in [0, 0.05) is 18.8 Å². The molecule has 0 aliphatic carbocycles. The molecule has 1 aromatic carbocycles. The molecule has 0 fully saturated rings. The van der Waals surface area contributed by atoms with E-state index in [1.165, 1.54) is 0 Å². The first kappa shape index (κ1) is 11.8. The normalized spacial score (nSPS) is 10.3. The highest BCUT2D eigenvalue weighted by Gasteiger charge is 2.11. The summed E-state index contributed by atoms with van der Waals surface area (Å²) in [6, 6.07) is 3.61. The Kier molecular flexibility index (Phi) is 4.39. The lowest BCUT2D eigenvalue weighted by Crippen LogP contribution is -2.05. The van der Waals surface area contributed by atoms with Crippen LogP contribution in [0.5, 0.6) is 5.75 Å². The molecule has 4 heteroatoms. The predicted molar refractivity (Wildman–Crippen MR) is 59.0 cm³/mol. The Morgan fingerprint density at radius 3 is 2.40 bits per heavy atom. The molecule has 1 rings (SSSR count). The van der Waals surface area contributed by atoms with Crippen LogP contribution in [-0.4, -0.2) is 30.5 Å². The zero-order valence-corrected chi connectivity index (χ0v) is 8.86. The first-order valence-electron chi connectivity index (χ1n) is 4.90. The van der Waals surface area contributed by atoms with Crippen LogP contribution in [0.15, 0.2) is 12.1 Å². The molecule has 0 saturated heterocycles. The predicted octanol–water partition coefficient (Wildman–Crippen LogP) is 0.347. The number of aliphatic hydroxyl groups excluding tert-OH is 2. The van der Waals surface area contributed by atoms with Crippen molar-refractivity contribution in [1.29, 1.82) is 0 Å². The van der Waals surface area contributed by atoms with Gasteiger partial charge in [0.05, 0.1) is 12.8 Å². The zero-order valence-electron chi connectivity index (χ0n) is 8.86. The van der Waals surface area contributed by atoms with Crippen LogP contribution in [0.2, 0.25) is 0 Å². The molecule has 0 unspecified atom stereocenters. The summed E-state index contributed by atoms with van der Waals surface area (Å²) >= 11 is 0. The summed E-state index contributed by atoms with van der Waals surface area (Å²) < 4.78 is 5.20. The molecule has 4 nitrogen and oxygen atoms in total. The number of nitrogen functional groups attached to an aromatic ring is 1. The summed E-state index contributed by atoms with van der Waals surface area (Å²) in [5, 5.41) is 17.9. The van der Waals surface area contributed by atoms with Crippen LogP contribution in [0.25, 0.3) is 0 Å². The molecule has 0 saturated carbocycles. The lowest BCUT2D eigenvalue weighted by Gasteiger charge is -2.14. The number of rotatable bonds is 5. The highest BCUT2D eigenvalue weighted by Crippen LogP contribution is 2.29. The highest BCUT2D eigenvalue weighted by molar-refractivity contribution is 5.59. The molecule has 84 valence electrons.